The molecule has 79 valence electrons. The highest BCUT2D eigenvalue weighted by atomic mass is 79.9. The molecule has 0 unspecified atom stereocenters. The van der Waals surface area contributed by atoms with Crippen molar-refractivity contribution in [1.29, 1.82) is 0 Å². The summed E-state index contributed by atoms with van der Waals surface area (Å²) >= 11 is 10.6. The minimum absolute atomic E-state index is 1.11. The Hall–Kier alpha value is -0.120. The van der Waals surface area contributed by atoms with E-state index in [0.29, 0.717) is 0 Å². The van der Waals surface area contributed by atoms with E-state index in [4.69, 9.17) is 0 Å². The molecule has 0 nitrogen and oxygen atoms in total. The van der Waals surface area contributed by atoms with Crippen molar-refractivity contribution in [1.82, 2.24) is 0 Å². The molecular formula is C13H6Br3. The van der Waals surface area contributed by atoms with Gasteiger partial charge in [-0.25, -0.2) is 0 Å². The Bertz CT molecular complexity index is 473. The third-order valence-corrected chi connectivity index (χ3v) is 4.00. The highest BCUT2D eigenvalue weighted by Gasteiger charge is 2.29. The Morgan fingerprint density at radius 1 is 0.500 bits per heavy atom. The van der Waals surface area contributed by atoms with Crippen molar-refractivity contribution in [2.24, 2.45) is 0 Å². The lowest BCUT2D eigenvalue weighted by Crippen LogP contribution is -2.14. The quantitative estimate of drug-likeness (QED) is 0.522. The van der Waals surface area contributed by atoms with Crippen LogP contribution in [-0.4, -0.2) is 0 Å². The smallest absolute Gasteiger partial charge is 0.0508 e. The first-order chi connectivity index (χ1) is 7.63. The van der Waals surface area contributed by atoms with Crippen LogP contribution in [0.4, 0.5) is 0 Å². The van der Waals surface area contributed by atoms with Crippen LogP contribution in [0.1, 0.15) is 0 Å². The van der Waals surface area contributed by atoms with Gasteiger partial charge in [-0.15, -0.1) is 0 Å². The van der Waals surface area contributed by atoms with E-state index in [-0.39, 0.29) is 0 Å². The molecule has 0 saturated heterocycles. The average molecular weight is 402 g/mol. The van der Waals surface area contributed by atoms with Gasteiger partial charge in [-0.2, -0.15) is 0 Å². The largest absolute Gasteiger partial charge is 0.0631 e. The van der Waals surface area contributed by atoms with Crippen molar-refractivity contribution in [3.8, 4) is 0 Å². The molecule has 0 saturated carbocycles. The van der Waals surface area contributed by atoms with Gasteiger partial charge < -0.3 is 0 Å². The summed E-state index contributed by atoms with van der Waals surface area (Å²) in [6, 6.07) is 0. The molecule has 3 aliphatic rings. The van der Waals surface area contributed by atoms with Crippen molar-refractivity contribution in [3.63, 3.8) is 0 Å². The van der Waals surface area contributed by atoms with Crippen molar-refractivity contribution in [2.45, 2.75) is 0 Å². The first-order valence-electron chi connectivity index (χ1n) is 4.78. The maximum absolute atomic E-state index is 3.55. The average Bonchev–Trinajstić information content (AvgIpc) is 2.14. The van der Waals surface area contributed by atoms with Gasteiger partial charge in [0.15, 0.2) is 0 Å². The van der Waals surface area contributed by atoms with Gasteiger partial charge in [0.2, 0.25) is 0 Å². The molecule has 0 aromatic heterocycles. The molecule has 3 heteroatoms. The third kappa shape index (κ3) is 1.79. The lowest BCUT2D eigenvalue weighted by molar-refractivity contribution is 1.18. The van der Waals surface area contributed by atoms with Crippen LogP contribution >= 0.6 is 47.8 Å². The molecule has 1 radical (unpaired) electrons. The molecule has 0 heterocycles. The van der Waals surface area contributed by atoms with Gasteiger partial charge in [-0.3, -0.25) is 0 Å². The molecule has 0 fully saturated rings. The van der Waals surface area contributed by atoms with E-state index in [0.717, 1.165) is 13.4 Å². The summed E-state index contributed by atoms with van der Waals surface area (Å²) in [6.07, 6.45) is 12.9. The lowest BCUT2D eigenvalue weighted by Gasteiger charge is -2.29. The van der Waals surface area contributed by atoms with Crippen LogP contribution in [-0.2, 0) is 0 Å². The molecule has 0 bridgehead atoms. The Balaban J connectivity index is 2.24. The number of allylic oxidation sites excluding steroid dienone is 12. The van der Waals surface area contributed by atoms with E-state index in [9.17, 15) is 0 Å². The topological polar surface area (TPSA) is 0 Å². The summed E-state index contributed by atoms with van der Waals surface area (Å²) in [4.78, 5) is 0. The second-order valence-corrected chi connectivity index (χ2v) is 6.51. The summed E-state index contributed by atoms with van der Waals surface area (Å²) in [5.74, 6) is 1.31. The summed E-state index contributed by atoms with van der Waals surface area (Å²) < 4.78 is 3.33. The van der Waals surface area contributed by atoms with Crippen LogP contribution in [0.15, 0.2) is 66.6 Å². The number of halogens is 3. The fraction of sp³-hybridized carbons (Fsp3) is 0. The van der Waals surface area contributed by atoms with Gasteiger partial charge in [0.05, 0.1) is 5.92 Å². The zero-order chi connectivity index (χ0) is 11.3. The summed E-state index contributed by atoms with van der Waals surface area (Å²) in [5, 5.41) is 0. The van der Waals surface area contributed by atoms with Crippen molar-refractivity contribution in [3.05, 3.63) is 72.5 Å². The van der Waals surface area contributed by atoms with Gasteiger partial charge in [0.1, 0.15) is 0 Å². The van der Waals surface area contributed by atoms with E-state index < -0.39 is 0 Å². The molecule has 0 atom stereocenters. The molecule has 0 aliphatic heterocycles. The van der Waals surface area contributed by atoms with Crippen molar-refractivity contribution in [2.75, 3.05) is 0 Å². The Morgan fingerprint density at radius 2 is 0.812 bits per heavy atom. The molecule has 0 N–H and O–H groups in total. The van der Waals surface area contributed by atoms with Crippen LogP contribution in [0.2, 0.25) is 0 Å². The lowest BCUT2D eigenvalue weighted by atomic mass is 9.76. The minimum atomic E-state index is 1.11. The van der Waals surface area contributed by atoms with Crippen LogP contribution in [0.5, 0.6) is 0 Å². The fourth-order valence-corrected chi connectivity index (χ4v) is 3.55. The van der Waals surface area contributed by atoms with E-state index in [1.807, 2.05) is 0 Å². The molecule has 0 aromatic carbocycles. The molecule has 0 spiro atoms. The van der Waals surface area contributed by atoms with Gasteiger partial charge in [-0.1, -0.05) is 47.8 Å². The zero-order valence-electron chi connectivity index (χ0n) is 8.10. The van der Waals surface area contributed by atoms with Crippen LogP contribution in [0.25, 0.3) is 0 Å². The van der Waals surface area contributed by atoms with E-state index in [2.05, 4.69) is 84.2 Å². The molecule has 0 aromatic rings. The molecule has 3 aliphatic carbocycles. The molecule has 0 amide bonds. The van der Waals surface area contributed by atoms with Crippen LogP contribution in [0, 0.1) is 5.92 Å². The van der Waals surface area contributed by atoms with E-state index >= 15 is 0 Å². The zero-order valence-corrected chi connectivity index (χ0v) is 12.9. The van der Waals surface area contributed by atoms with E-state index in [1.54, 1.807) is 0 Å². The maximum Gasteiger partial charge on any atom is 0.0631 e. The minimum Gasteiger partial charge on any atom is -0.0508 e. The fourth-order valence-electron chi connectivity index (χ4n) is 2.07. The molecule has 16 heavy (non-hydrogen) atoms. The Labute approximate surface area is 120 Å². The summed E-state index contributed by atoms with van der Waals surface area (Å²) in [5.41, 5.74) is 3.75. The highest BCUT2D eigenvalue weighted by molar-refractivity contribution is 9.12. The van der Waals surface area contributed by atoms with Crippen LogP contribution in [0.3, 0.4) is 0 Å². The Kier molecular flexibility index (Phi) is 2.73. The monoisotopic (exact) mass is 399 g/mol. The van der Waals surface area contributed by atoms with Gasteiger partial charge in [-0.05, 0) is 53.2 Å². The normalized spacial score (nSPS) is 23.4. The van der Waals surface area contributed by atoms with Gasteiger partial charge in [0.25, 0.3) is 0 Å². The second kappa shape index (κ2) is 3.97. The number of hydrogen-bond donors (Lipinski definition) is 0. The van der Waals surface area contributed by atoms with Crippen molar-refractivity contribution < 1.29 is 0 Å². The van der Waals surface area contributed by atoms with Gasteiger partial charge in [0, 0.05) is 13.4 Å². The second-order valence-electron chi connectivity index (χ2n) is 3.76. The van der Waals surface area contributed by atoms with E-state index in [1.165, 1.54) is 22.6 Å². The predicted molar refractivity (Wildman–Crippen MR) is 78.5 cm³/mol. The third-order valence-electron chi connectivity index (χ3n) is 2.63. The van der Waals surface area contributed by atoms with Crippen LogP contribution < -0.4 is 0 Å². The SMILES string of the molecule is BrC1=CC2=CC(Br)=CC3=CC(Br)=CC(=C1)[C]23. The Morgan fingerprint density at radius 3 is 1.12 bits per heavy atom. The summed E-state index contributed by atoms with van der Waals surface area (Å²) in [7, 11) is 0. The number of rotatable bonds is 0. The number of hydrogen-bond acceptors (Lipinski definition) is 0. The summed E-state index contributed by atoms with van der Waals surface area (Å²) in [6.45, 7) is 0. The predicted octanol–water partition coefficient (Wildman–Crippen LogP) is 5.22. The maximum atomic E-state index is 3.55. The standard InChI is InChI=1S/C13H6Br3/c14-10-1-7-2-11(15)5-9-6-12(16)4-8(3-10)13(7)9/h1-6H. The molecule has 3 rings (SSSR count). The van der Waals surface area contributed by atoms with Crippen molar-refractivity contribution >= 4 is 47.8 Å². The molecular weight excluding hydrogens is 396 g/mol. The first kappa shape index (κ1) is 11.0. The first-order valence-corrected chi connectivity index (χ1v) is 7.16. The highest BCUT2D eigenvalue weighted by Crippen LogP contribution is 2.46. The van der Waals surface area contributed by atoms with Gasteiger partial charge >= 0.3 is 0 Å².